The van der Waals surface area contributed by atoms with Gasteiger partial charge in [-0.25, -0.2) is 4.79 Å². The van der Waals surface area contributed by atoms with Crippen molar-refractivity contribution in [3.8, 4) is 5.75 Å². The first-order valence-corrected chi connectivity index (χ1v) is 12.5. The van der Waals surface area contributed by atoms with Crippen molar-refractivity contribution in [1.82, 2.24) is 0 Å². The zero-order valence-electron chi connectivity index (χ0n) is 20.8. The van der Waals surface area contributed by atoms with Crippen LogP contribution in [0, 0.1) is 19.8 Å². The molecule has 1 N–H and O–H groups in total. The Hall–Kier alpha value is -2.38. The number of hydrogen-bond acceptors (Lipinski definition) is 6. The van der Waals surface area contributed by atoms with E-state index in [-0.39, 0.29) is 36.4 Å². The van der Waals surface area contributed by atoms with Crippen molar-refractivity contribution >= 4 is 18.0 Å². The van der Waals surface area contributed by atoms with E-state index in [1.807, 2.05) is 38.3 Å². The molecule has 4 rings (SSSR count). The second-order valence-electron chi connectivity index (χ2n) is 9.74. The number of nitrogens with one attached hydrogen (secondary N) is 1. The minimum Gasteiger partial charge on any atom is -0.461 e. The van der Waals surface area contributed by atoms with Gasteiger partial charge in [-0.15, -0.1) is 0 Å². The van der Waals surface area contributed by atoms with Gasteiger partial charge in [0.25, 0.3) is 0 Å². The lowest BCUT2D eigenvalue weighted by atomic mass is 9.79. The van der Waals surface area contributed by atoms with Gasteiger partial charge in [0.2, 0.25) is 0 Å². The van der Waals surface area contributed by atoms with E-state index in [0.29, 0.717) is 0 Å². The van der Waals surface area contributed by atoms with Gasteiger partial charge in [0.15, 0.2) is 0 Å². The molecule has 0 aromatic heterocycles. The van der Waals surface area contributed by atoms with E-state index in [0.717, 1.165) is 66.8 Å². The van der Waals surface area contributed by atoms with Gasteiger partial charge in [0, 0.05) is 32.0 Å². The largest absolute Gasteiger partial charge is 0.461 e. The van der Waals surface area contributed by atoms with Gasteiger partial charge in [-0.05, 0) is 81.7 Å². The van der Waals surface area contributed by atoms with Crippen molar-refractivity contribution in [3.63, 3.8) is 0 Å². The predicted molar refractivity (Wildman–Crippen MR) is 133 cm³/mol. The number of amides is 1. The van der Waals surface area contributed by atoms with Crippen LogP contribution in [0.25, 0.3) is 0 Å². The monoisotopic (exact) mass is 470 g/mol. The Balaban J connectivity index is 1.42. The van der Waals surface area contributed by atoms with Gasteiger partial charge in [0.1, 0.15) is 17.6 Å². The molecule has 2 saturated carbocycles. The van der Waals surface area contributed by atoms with Gasteiger partial charge < -0.3 is 18.9 Å². The number of aliphatic imine (C=N–C) groups is 1. The molecule has 186 valence electrons. The van der Waals surface area contributed by atoms with E-state index in [2.05, 4.69) is 10.3 Å². The number of carbonyl (C=O) groups excluding carboxylic acids is 1. The first-order chi connectivity index (χ1) is 16.5. The summed E-state index contributed by atoms with van der Waals surface area (Å²) in [7, 11) is 3.46. The maximum atomic E-state index is 12.5. The van der Waals surface area contributed by atoms with Crippen molar-refractivity contribution in [2.24, 2.45) is 10.9 Å². The molecule has 1 heterocycles. The number of dihydropyridines is 1. The smallest absolute Gasteiger partial charge is 0.411 e. The Kier molecular flexibility index (Phi) is 8.27. The SMILES string of the molecule is COC1CC2N=CC=C(Oc3cc(C)c(NC(=O)OC4CCCCCC4)cc3C)C2C[C@@H]1OC. The zero-order valence-corrected chi connectivity index (χ0v) is 20.8. The van der Waals surface area contributed by atoms with E-state index >= 15 is 0 Å². The highest BCUT2D eigenvalue weighted by Crippen LogP contribution is 2.38. The number of allylic oxidation sites excluding steroid dienone is 1. The van der Waals surface area contributed by atoms with Gasteiger partial charge in [0.05, 0.1) is 18.2 Å². The summed E-state index contributed by atoms with van der Waals surface area (Å²) in [6.07, 6.45) is 11.7. The lowest BCUT2D eigenvalue weighted by Crippen LogP contribution is -2.45. The summed E-state index contributed by atoms with van der Waals surface area (Å²) in [6, 6.07) is 4.05. The van der Waals surface area contributed by atoms with Crippen LogP contribution in [-0.4, -0.2) is 50.9 Å². The van der Waals surface area contributed by atoms with E-state index in [1.54, 1.807) is 14.2 Å². The molecule has 1 aromatic carbocycles. The number of ether oxygens (including phenoxy) is 4. The molecule has 2 fully saturated rings. The summed E-state index contributed by atoms with van der Waals surface area (Å²) in [4.78, 5) is 17.2. The Morgan fingerprint density at radius 2 is 1.68 bits per heavy atom. The summed E-state index contributed by atoms with van der Waals surface area (Å²) in [5.74, 6) is 1.82. The van der Waals surface area contributed by atoms with E-state index in [9.17, 15) is 4.79 Å². The highest BCUT2D eigenvalue weighted by atomic mass is 16.6. The van der Waals surface area contributed by atoms with Gasteiger partial charge in [-0.3, -0.25) is 10.3 Å². The highest BCUT2D eigenvalue weighted by molar-refractivity contribution is 5.86. The highest BCUT2D eigenvalue weighted by Gasteiger charge is 2.41. The van der Waals surface area contributed by atoms with Crippen LogP contribution in [0.2, 0.25) is 0 Å². The lowest BCUT2D eigenvalue weighted by Gasteiger charge is -2.40. The molecule has 2 aliphatic carbocycles. The van der Waals surface area contributed by atoms with E-state index in [4.69, 9.17) is 18.9 Å². The van der Waals surface area contributed by atoms with Gasteiger partial charge in [-0.2, -0.15) is 0 Å². The van der Waals surface area contributed by atoms with Crippen molar-refractivity contribution in [3.05, 3.63) is 35.1 Å². The first kappa shape index (κ1) is 24.7. The molecule has 7 heteroatoms. The van der Waals surface area contributed by atoms with Gasteiger partial charge in [-0.1, -0.05) is 12.8 Å². The molecule has 0 saturated heterocycles. The summed E-state index contributed by atoms with van der Waals surface area (Å²) in [5, 5.41) is 2.94. The number of anilines is 1. The maximum Gasteiger partial charge on any atom is 0.411 e. The second kappa shape index (κ2) is 11.4. The van der Waals surface area contributed by atoms with Crippen LogP contribution in [0.15, 0.2) is 29.0 Å². The fraction of sp³-hybridized carbons (Fsp3) is 0.630. The van der Waals surface area contributed by atoms with Crippen molar-refractivity contribution in [2.45, 2.75) is 89.6 Å². The maximum absolute atomic E-state index is 12.5. The quantitative estimate of drug-likeness (QED) is 0.537. The standard InChI is InChI=1S/C27H38N2O5/c1-17-14-24(18(2)13-21(17)29-27(30)33-19-9-7-5-6-8-10-19)34-23-11-12-28-22-16-26(32-4)25(31-3)15-20(22)23/h11-14,19-20,22,25-26H,5-10,15-16H2,1-4H3,(H,29,30)/t20?,22?,25-,26?/m0/s1. The van der Waals surface area contributed by atoms with Crippen molar-refractivity contribution in [2.75, 3.05) is 19.5 Å². The Morgan fingerprint density at radius 1 is 0.971 bits per heavy atom. The fourth-order valence-corrected chi connectivity index (χ4v) is 5.35. The summed E-state index contributed by atoms with van der Waals surface area (Å²) >= 11 is 0. The average molecular weight is 471 g/mol. The minimum absolute atomic E-state index is 0.0143. The average Bonchev–Trinajstić information content (AvgIpc) is 3.10. The number of nitrogens with zero attached hydrogens (tertiary/aromatic N) is 1. The molecular formula is C27H38N2O5. The Labute approximate surface area is 202 Å². The molecule has 0 bridgehead atoms. The molecule has 3 aliphatic rings. The van der Waals surface area contributed by atoms with Crippen LogP contribution in [0.5, 0.6) is 5.75 Å². The van der Waals surface area contributed by atoms with E-state index < -0.39 is 0 Å². The third kappa shape index (κ3) is 5.81. The molecule has 3 unspecified atom stereocenters. The van der Waals surface area contributed by atoms with E-state index in [1.165, 1.54) is 12.8 Å². The third-order valence-electron chi connectivity index (χ3n) is 7.39. The summed E-state index contributed by atoms with van der Waals surface area (Å²) < 4.78 is 23.4. The Morgan fingerprint density at radius 3 is 2.38 bits per heavy atom. The number of rotatable bonds is 6. The number of carbonyl (C=O) groups is 1. The van der Waals surface area contributed by atoms with Crippen LogP contribution in [0.3, 0.4) is 0 Å². The molecule has 1 aliphatic heterocycles. The van der Waals surface area contributed by atoms with Crippen LogP contribution in [-0.2, 0) is 14.2 Å². The van der Waals surface area contributed by atoms with Crippen LogP contribution in [0.1, 0.15) is 62.5 Å². The molecule has 1 aromatic rings. The lowest BCUT2D eigenvalue weighted by molar-refractivity contribution is -0.0743. The number of benzene rings is 1. The third-order valence-corrected chi connectivity index (χ3v) is 7.39. The zero-order chi connectivity index (χ0) is 24.1. The van der Waals surface area contributed by atoms with Gasteiger partial charge >= 0.3 is 6.09 Å². The fourth-order valence-electron chi connectivity index (χ4n) is 5.35. The first-order valence-electron chi connectivity index (χ1n) is 12.5. The number of hydrogen-bond donors (Lipinski definition) is 1. The normalized spacial score (nSPS) is 27.4. The minimum atomic E-state index is -0.377. The number of aryl methyl sites for hydroxylation is 2. The molecule has 1 amide bonds. The van der Waals surface area contributed by atoms with Crippen molar-refractivity contribution < 1.29 is 23.7 Å². The molecule has 0 spiro atoms. The van der Waals surface area contributed by atoms with Crippen LogP contribution >= 0.6 is 0 Å². The topological polar surface area (TPSA) is 78.4 Å². The van der Waals surface area contributed by atoms with Crippen LogP contribution in [0.4, 0.5) is 10.5 Å². The molecule has 34 heavy (non-hydrogen) atoms. The van der Waals surface area contributed by atoms with Crippen LogP contribution < -0.4 is 10.1 Å². The summed E-state index contributed by atoms with van der Waals surface area (Å²) in [5.41, 5.74) is 2.63. The second-order valence-corrected chi connectivity index (χ2v) is 9.74. The van der Waals surface area contributed by atoms with Crippen molar-refractivity contribution in [1.29, 1.82) is 0 Å². The number of methoxy groups -OCH3 is 2. The Bertz CT molecular complexity index is 920. The molecule has 4 atom stereocenters. The summed E-state index contributed by atoms with van der Waals surface area (Å²) in [6.45, 7) is 3.96. The molecule has 0 radical (unpaired) electrons. The number of fused-ring (bicyclic) bond motifs is 1. The molecular weight excluding hydrogens is 432 g/mol. The molecule has 7 nitrogen and oxygen atoms in total. The predicted octanol–water partition coefficient (Wildman–Crippen LogP) is 5.73.